The second-order valence-corrected chi connectivity index (χ2v) is 5.95. The molecule has 1 aromatic carbocycles. The number of fused-ring (bicyclic) bond motifs is 1. The zero-order chi connectivity index (χ0) is 11.8. The largest absolute Gasteiger partial charge is 0.316 e. The number of para-hydroxylation sites is 2. The third-order valence-electron chi connectivity index (χ3n) is 2.62. The van der Waals surface area contributed by atoms with E-state index in [1.807, 2.05) is 35.8 Å². The van der Waals surface area contributed by atoms with Crippen LogP contribution < -0.4 is 0 Å². The number of imidazole rings is 1. The maximum atomic E-state index is 12.3. The molecule has 0 radical (unpaired) electrons. The zero-order valence-electron chi connectivity index (χ0n) is 9.67. The van der Waals surface area contributed by atoms with Gasteiger partial charge in [-0.3, -0.25) is 0 Å². The number of benzene rings is 1. The van der Waals surface area contributed by atoms with Crippen LogP contribution in [0, 0.1) is 0 Å². The van der Waals surface area contributed by atoms with Crippen molar-refractivity contribution in [3.05, 3.63) is 24.3 Å². The second-order valence-electron chi connectivity index (χ2n) is 3.61. The maximum absolute atomic E-state index is 12.3. The van der Waals surface area contributed by atoms with Gasteiger partial charge < -0.3 is 4.57 Å². The number of hydrogen-bond donors (Lipinski definition) is 0. The quantitative estimate of drug-likeness (QED) is 0.803. The maximum Gasteiger partial charge on any atom is 0.208 e. The van der Waals surface area contributed by atoms with Gasteiger partial charge in [0.2, 0.25) is 5.16 Å². The van der Waals surface area contributed by atoms with Gasteiger partial charge in [0, 0.05) is 19.8 Å². The molecule has 1 atom stereocenters. The topological polar surface area (TPSA) is 47.2 Å². The van der Waals surface area contributed by atoms with Crippen molar-refractivity contribution in [3.63, 3.8) is 0 Å². The van der Waals surface area contributed by atoms with Crippen LogP contribution in [0.1, 0.15) is 6.92 Å². The molecule has 0 spiro atoms. The number of hydrogen-bond acceptors (Lipinski definition) is 3. The summed E-state index contributed by atoms with van der Waals surface area (Å²) in [6.07, 6.45) is 1.63. The molecule has 0 saturated carbocycles. The van der Waals surface area contributed by atoms with Gasteiger partial charge in [0.15, 0.2) is 0 Å². The third kappa shape index (κ3) is 1.61. The van der Waals surface area contributed by atoms with Crippen LogP contribution in [0.5, 0.6) is 0 Å². The molecule has 0 amide bonds. The van der Waals surface area contributed by atoms with Crippen LogP contribution in [0.3, 0.4) is 0 Å². The Labute approximate surface area is 95.5 Å². The monoisotopic (exact) mass is 237 g/mol. The number of rotatable bonds is 2. The van der Waals surface area contributed by atoms with E-state index in [4.69, 9.17) is 0 Å². The van der Waals surface area contributed by atoms with Gasteiger partial charge in [0.25, 0.3) is 0 Å². The summed E-state index contributed by atoms with van der Waals surface area (Å²) in [7, 11) is -0.805. The lowest BCUT2D eigenvalue weighted by atomic mass is 10.3. The molecule has 2 aromatic rings. The first-order valence-electron chi connectivity index (χ1n) is 5.15. The summed E-state index contributed by atoms with van der Waals surface area (Å²) in [6, 6.07) is 7.80. The Balaban J connectivity index is 2.86. The van der Waals surface area contributed by atoms with E-state index in [0.717, 1.165) is 17.6 Å². The lowest BCUT2D eigenvalue weighted by Gasteiger charge is -2.06. The SMILES string of the molecule is CCn1c([S@@](C)(=O)=NC)nc2ccccc21. The average Bonchev–Trinajstić information content (AvgIpc) is 2.68. The summed E-state index contributed by atoms with van der Waals surface area (Å²) >= 11 is 0. The van der Waals surface area contributed by atoms with Gasteiger partial charge in [-0.05, 0) is 19.1 Å². The van der Waals surface area contributed by atoms with E-state index in [1.165, 1.54) is 0 Å². The van der Waals surface area contributed by atoms with Crippen LogP contribution in [0.15, 0.2) is 33.8 Å². The summed E-state index contributed by atoms with van der Waals surface area (Å²) in [6.45, 7) is 2.76. The highest BCUT2D eigenvalue weighted by Gasteiger charge is 2.15. The van der Waals surface area contributed by atoms with E-state index in [-0.39, 0.29) is 0 Å². The van der Waals surface area contributed by atoms with E-state index >= 15 is 0 Å². The van der Waals surface area contributed by atoms with E-state index in [1.54, 1.807) is 13.3 Å². The molecule has 0 N–H and O–H groups in total. The standard InChI is InChI=1S/C11H15N3OS/c1-4-14-10-8-6-5-7-9(10)13-11(14)16(3,15)12-2/h5-8H,4H2,1-3H3/t16-/m1/s1. The van der Waals surface area contributed by atoms with Gasteiger partial charge in [-0.25, -0.2) is 13.6 Å². The fourth-order valence-electron chi connectivity index (χ4n) is 1.73. The number of aryl methyl sites for hydroxylation is 1. The molecule has 4 nitrogen and oxygen atoms in total. The minimum absolute atomic E-state index is 0.568. The molecule has 1 heterocycles. The molecule has 2 rings (SSSR count). The lowest BCUT2D eigenvalue weighted by Crippen LogP contribution is -2.08. The van der Waals surface area contributed by atoms with Crippen molar-refractivity contribution in [2.45, 2.75) is 18.6 Å². The molecule has 86 valence electrons. The van der Waals surface area contributed by atoms with Crippen LogP contribution in [-0.2, 0) is 16.3 Å². The molecule has 0 bridgehead atoms. The van der Waals surface area contributed by atoms with Crippen molar-refractivity contribution in [2.75, 3.05) is 13.3 Å². The fourth-order valence-corrected chi connectivity index (χ4v) is 2.80. The van der Waals surface area contributed by atoms with E-state index < -0.39 is 9.73 Å². The van der Waals surface area contributed by atoms with Crippen molar-refractivity contribution in [1.29, 1.82) is 0 Å². The van der Waals surface area contributed by atoms with Gasteiger partial charge in [0.05, 0.1) is 11.0 Å². The zero-order valence-corrected chi connectivity index (χ0v) is 10.5. The first-order valence-corrected chi connectivity index (χ1v) is 7.08. The van der Waals surface area contributed by atoms with Crippen LogP contribution in [-0.4, -0.2) is 27.1 Å². The molecule has 0 fully saturated rings. The highest BCUT2D eigenvalue weighted by molar-refractivity contribution is 7.92. The first-order chi connectivity index (χ1) is 7.60. The molecule has 1 aromatic heterocycles. The Hall–Kier alpha value is -1.36. The molecular weight excluding hydrogens is 222 g/mol. The van der Waals surface area contributed by atoms with Crippen LogP contribution >= 0.6 is 0 Å². The van der Waals surface area contributed by atoms with E-state index in [9.17, 15) is 4.21 Å². The van der Waals surface area contributed by atoms with Gasteiger partial charge >= 0.3 is 0 Å². The van der Waals surface area contributed by atoms with Crippen LogP contribution in [0.4, 0.5) is 0 Å². The smallest absolute Gasteiger partial charge is 0.208 e. The second kappa shape index (κ2) is 3.90. The van der Waals surface area contributed by atoms with E-state index in [2.05, 4.69) is 9.35 Å². The summed E-state index contributed by atoms with van der Waals surface area (Å²) in [5.41, 5.74) is 1.89. The Morgan fingerprint density at radius 2 is 2.12 bits per heavy atom. The lowest BCUT2D eigenvalue weighted by molar-refractivity contribution is 0.645. The average molecular weight is 237 g/mol. The number of aromatic nitrogens is 2. The molecule has 0 aliphatic carbocycles. The fraction of sp³-hybridized carbons (Fsp3) is 0.364. The van der Waals surface area contributed by atoms with Gasteiger partial charge in [-0.15, -0.1) is 0 Å². The third-order valence-corrected chi connectivity index (χ3v) is 4.31. The molecule has 0 unspecified atom stereocenters. The highest BCUT2D eigenvalue weighted by atomic mass is 32.2. The summed E-state index contributed by atoms with van der Waals surface area (Å²) < 4.78 is 18.2. The van der Waals surface area contributed by atoms with Crippen molar-refractivity contribution in [1.82, 2.24) is 9.55 Å². The van der Waals surface area contributed by atoms with Gasteiger partial charge in [-0.1, -0.05) is 12.1 Å². The molecule has 0 aliphatic heterocycles. The minimum atomic E-state index is -2.38. The van der Waals surface area contributed by atoms with Gasteiger partial charge in [-0.2, -0.15) is 0 Å². The van der Waals surface area contributed by atoms with Crippen molar-refractivity contribution < 1.29 is 4.21 Å². The predicted molar refractivity (Wildman–Crippen MR) is 66.1 cm³/mol. The van der Waals surface area contributed by atoms with Crippen molar-refractivity contribution in [2.24, 2.45) is 4.36 Å². The molecule has 16 heavy (non-hydrogen) atoms. The Kier molecular flexibility index (Phi) is 2.71. The summed E-state index contributed by atoms with van der Waals surface area (Å²) in [5, 5.41) is 0.568. The Morgan fingerprint density at radius 3 is 2.75 bits per heavy atom. The molecule has 5 heteroatoms. The summed E-state index contributed by atoms with van der Waals surface area (Å²) in [5.74, 6) is 0. The minimum Gasteiger partial charge on any atom is -0.316 e. The van der Waals surface area contributed by atoms with E-state index in [0.29, 0.717) is 5.16 Å². The van der Waals surface area contributed by atoms with Crippen LogP contribution in [0.25, 0.3) is 11.0 Å². The summed E-state index contributed by atoms with van der Waals surface area (Å²) in [4.78, 5) is 4.42. The first kappa shape index (κ1) is 11.1. The van der Waals surface area contributed by atoms with Crippen LogP contribution in [0.2, 0.25) is 0 Å². The Morgan fingerprint density at radius 1 is 1.44 bits per heavy atom. The van der Waals surface area contributed by atoms with Gasteiger partial charge in [0.1, 0.15) is 9.73 Å². The normalized spacial score (nSPS) is 14.9. The Bertz CT molecular complexity index is 636. The molecular formula is C11H15N3OS. The van der Waals surface area contributed by atoms with Crippen molar-refractivity contribution >= 4 is 20.8 Å². The molecule has 0 aliphatic rings. The van der Waals surface area contributed by atoms with Crippen molar-refractivity contribution in [3.8, 4) is 0 Å². The number of nitrogens with zero attached hydrogens (tertiary/aromatic N) is 3. The highest BCUT2D eigenvalue weighted by Crippen LogP contribution is 2.20. The predicted octanol–water partition coefficient (Wildman–Crippen LogP) is 2.14. The molecule has 0 saturated heterocycles.